The molecule has 0 aliphatic heterocycles. The largest absolute Gasteiger partial charge is 0.416 e. The molecule has 2 aromatic carbocycles. The highest BCUT2D eigenvalue weighted by atomic mass is 32.2. The Morgan fingerprint density at radius 1 is 0.957 bits per heavy atom. The molecule has 0 saturated carbocycles. The first-order chi connectivity index (χ1) is 10.6. The third kappa shape index (κ3) is 4.05. The minimum Gasteiger partial charge on any atom is -0.207 e. The molecule has 0 amide bonds. The van der Waals surface area contributed by atoms with Crippen molar-refractivity contribution in [3.63, 3.8) is 0 Å². The lowest BCUT2D eigenvalue weighted by atomic mass is 10.1. The predicted octanol–water partition coefficient (Wildman–Crippen LogP) is 3.46. The Morgan fingerprint density at radius 3 is 2.17 bits per heavy atom. The molecule has 2 rings (SSSR count). The van der Waals surface area contributed by atoms with Crippen molar-refractivity contribution in [3.8, 4) is 0 Å². The van der Waals surface area contributed by atoms with Gasteiger partial charge in [0, 0.05) is 12.1 Å². The molecule has 2 aromatic rings. The van der Waals surface area contributed by atoms with E-state index < -0.39 is 44.8 Å². The van der Waals surface area contributed by atoms with Gasteiger partial charge in [0.1, 0.15) is 16.5 Å². The van der Waals surface area contributed by atoms with Crippen molar-refractivity contribution in [2.24, 2.45) is 0 Å². The summed E-state index contributed by atoms with van der Waals surface area (Å²) in [6.07, 6.45) is -4.70. The summed E-state index contributed by atoms with van der Waals surface area (Å²) in [5.74, 6) is -2.20. The number of alkyl halides is 3. The van der Waals surface area contributed by atoms with E-state index in [1.807, 2.05) is 4.72 Å². The van der Waals surface area contributed by atoms with Crippen molar-refractivity contribution in [1.29, 1.82) is 0 Å². The number of benzene rings is 2. The van der Waals surface area contributed by atoms with Gasteiger partial charge in [-0.05, 0) is 24.3 Å². The van der Waals surface area contributed by atoms with Crippen molar-refractivity contribution in [2.45, 2.75) is 17.6 Å². The van der Waals surface area contributed by atoms with Crippen LogP contribution in [0.3, 0.4) is 0 Å². The highest BCUT2D eigenvalue weighted by Crippen LogP contribution is 2.30. The Bertz CT molecular complexity index is 818. The molecule has 0 unspecified atom stereocenters. The fourth-order valence-electron chi connectivity index (χ4n) is 1.78. The summed E-state index contributed by atoms with van der Waals surface area (Å²) in [6.45, 7) is -0.610. The van der Waals surface area contributed by atoms with Gasteiger partial charge in [0.2, 0.25) is 10.0 Å². The topological polar surface area (TPSA) is 46.2 Å². The van der Waals surface area contributed by atoms with Crippen LogP contribution in [0.25, 0.3) is 0 Å². The monoisotopic (exact) mass is 351 g/mol. The van der Waals surface area contributed by atoms with Crippen LogP contribution in [0.4, 0.5) is 22.0 Å². The molecule has 0 aromatic heterocycles. The summed E-state index contributed by atoms with van der Waals surface area (Å²) in [5.41, 5.74) is -1.48. The van der Waals surface area contributed by atoms with E-state index in [-0.39, 0.29) is 11.6 Å². The van der Waals surface area contributed by atoms with E-state index in [0.717, 1.165) is 18.2 Å². The van der Waals surface area contributed by atoms with Gasteiger partial charge in [-0.1, -0.05) is 18.2 Å². The maximum absolute atomic E-state index is 13.6. The van der Waals surface area contributed by atoms with Gasteiger partial charge in [0.25, 0.3) is 0 Å². The summed E-state index contributed by atoms with van der Waals surface area (Å²) >= 11 is 0. The first-order valence-electron chi connectivity index (χ1n) is 6.21. The highest BCUT2D eigenvalue weighted by molar-refractivity contribution is 7.89. The predicted molar refractivity (Wildman–Crippen MR) is 71.8 cm³/mol. The number of halogens is 5. The summed E-state index contributed by atoms with van der Waals surface area (Å²) in [5, 5.41) is 0. The van der Waals surface area contributed by atoms with Crippen LogP contribution >= 0.6 is 0 Å². The van der Waals surface area contributed by atoms with E-state index in [0.29, 0.717) is 6.07 Å². The number of nitrogens with one attached hydrogen (secondary N) is 1. The van der Waals surface area contributed by atoms with Crippen molar-refractivity contribution in [3.05, 3.63) is 65.2 Å². The number of rotatable bonds is 4. The van der Waals surface area contributed by atoms with Crippen LogP contribution in [0.5, 0.6) is 0 Å². The van der Waals surface area contributed by atoms with E-state index in [2.05, 4.69) is 0 Å². The number of hydrogen-bond acceptors (Lipinski definition) is 2. The normalized spacial score (nSPS) is 12.4. The minimum atomic E-state index is -4.70. The van der Waals surface area contributed by atoms with Crippen LogP contribution in [-0.2, 0) is 22.7 Å². The second-order valence-corrected chi connectivity index (χ2v) is 6.29. The highest BCUT2D eigenvalue weighted by Gasteiger charge is 2.31. The molecule has 0 spiro atoms. The van der Waals surface area contributed by atoms with Gasteiger partial charge in [-0.15, -0.1) is 0 Å². The number of hydrogen-bond donors (Lipinski definition) is 1. The van der Waals surface area contributed by atoms with Crippen molar-refractivity contribution in [1.82, 2.24) is 4.72 Å². The quantitative estimate of drug-likeness (QED) is 0.858. The SMILES string of the molecule is O=S(=O)(NCc1ccc(C(F)(F)F)cc1F)c1ccccc1F. The average molecular weight is 351 g/mol. The zero-order valence-corrected chi connectivity index (χ0v) is 12.2. The summed E-state index contributed by atoms with van der Waals surface area (Å²) in [6, 6.07) is 6.28. The molecule has 0 aliphatic rings. The van der Waals surface area contributed by atoms with Crippen LogP contribution in [-0.4, -0.2) is 8.42 Å². The van der Waals surface area contributed by atoms with Crippen molar-refractivity contribution < 1.29 is 30.4 Å². The zero-order chi connectivity index (χ0) is 17.3. The molecule has 0 bridgehead atoms. The molecule has 23 heavy (non-hydrogen) atoms. The Balaban J connectivity index is 2.20. The van der Waals surface area contributed by atoms with E-state index in [9.17, 15) is 30.4 Å². The van der Waals surface area contributed by atoms with Crippen molar-refractivity contribution in [2.75, 3.05) is 0 Å². The molecule has 0 heterocycles. The standard InChI is InChI=1S/C14H10F5NO2S/c15-11-3-1-2-4-13(11)23(21,22)20-8-9-5-6-10(7-12(9)16)14(17,18)19/h1-7,20H,8H2. The Labute approximate surface area is 128 Å². The van der Waals surface area contributed by atoms with Gasteiger partial charge in [-0.3, -0.25) is 0 Å². The van der Waals surface area contributed by atoms with Crippen LogP contribution in [0.1, 0.15) is 11.1 Å². The van der Waals surface area contributed by atoms with E-state index >= 15 is 0 Å². The van der Waals surface area contributed by atoms with Gasteiger partial charge >= 0.3 is 6.18 Å². The molecule has 1 N–H and O–H groups in total. The van der Waals surface area contributed by atoms with Gasteiger partial charge in [0.05, 0.1) is 5.56 Å². The second kappa shape index (κ2) is 6.25. The first kappa shape index (κ1) is 17.4. The Kier molecular flexibility index (Phi) is 4.71. The summed E-state index contributed by atoms with van der Waals surface area (Å²) < 4.78 is 90.1. The van der Waals surface area contributed by atoms with E-state index in [1.165, 1.54) is 12.1 Å². The Morgan fingerprint density at radius 2 is 1.61 bits per heavy atom. The molecule has 0 radical (unpaired) electrons. The van der Waals surface area contributed by atoms with Crippen LogP contribution in [0.2, 0.25) is 0 Å². The summed E-state index contributed by atoms with van der Waals surface area (Å²) in [4.78, 5) is -0.632. The lowest BCUT2D eigenvalue weighted by Crippen LogP contribution is -2.24. The molecular formula is C14H10F5NO2S. The molecule has 0 saturated heterocycles. The van der Waals surface area contributed by atoms with Crippen LogP contribution < -0.4 is 4.72 Å². The second-order valence-electron chi connectivity index (χ2n) is 4.56. The van der Waals surface area contributed by atoms with Gasteiger partial charge in [-0.25, -0.2) is 21.9 Å². The Hall–Kier alpha value is -2.00. The molecule has 0 atom stereocenters. The number of sulfonamides is 1. The fraction of sp³-hybridized carbons (Fsp3) is 0.143. The molecular weight excluding hydrogens is 341 g/mol. The third-order valence-corrected chi connectivity index (χ3v) is 4.39. The summed E-state index contributed by atoms with van der Waals surface area (Å²) in [7, 11) is -4.26. The van der Waals surface area contributed by atoms with Gasteiger partial charge in [0.15, 0.2) is 0 Å². The van der Waals surface area contributed by atoms with Crippen molar-refractivity contribution >= 4 is 10.0 Å². The van der Waals surface area contributed by atoms with Crippen LogP contribution in [0, 0.1) is 11.6 Å². The molecule has 124 valence electrons. The minimum absolute atomic E-state index is 0.271. The maximum atomic E-state index is 13.6. The first-order valence-corrected chi connectivity index (χ1v) is 7.69. The van der Waals surface area contributed by atoms with Gasteiger partial charge in [-0.2, -0.15) is 13.2 Å². The maximum Gasteiger partial charge on any atom is 0.416 e. The average Bonchev–Trinajstić information content (AvgIpc) is 2.45. The molecule has 0 fully saturated rings. The molecule has 9 heteroatoms. The third-order valence-electron chi connectivity index (χ3n) is 2.96. The van der Waals surface area contributed by atoms with E-state index in [4.69, 9.17) is 0 Å². The fourth-order valence-corrected chi connectivity index (χ4v) is 2.86. The van der Waals surface area contributed by atoms with Crippen LogP contribution in [0.15, 0.2) is 47.4 Å². The smallest absolute Gasteiger partial charge is 0.207 e. The lowest BCUT2D eigenvalue weighted by molar-refractivity contribution is -0.137. The van der Waals surface area contributed by atoms with Gasteiger partial charge < -0.3 is 0 Å². The zero-order valence-electron chi connectivity index (χ0n) is 11.4. The van der Waals surface area contributed by atoms with E-state index in [1.54, 1.807) is 0 Å². The molecule has 3 nitrogen and oxygen atoms in total. The lowest BCUT2D eigenvalue weighted by Gasteiger charge is -2.11. The molecule has 0 aliphatic carbocycles.